The van der Waals surface area contributed by atoms with Gasteiger partial charge in [0.1, 0.15) is 11.9 Å². The first-order valence-electron chi connectivity index (χ1n) is 4.36. The van der Waals surface area contributed by atoms with Gasteiger partial charge >= 0.3 is 0 Å². The van der Waals surface area contributed by atoms with Crippen LogP contribution in [0.15, 0.2) is 18.2 Å². The Hall–Kier alpha value is -1.78. The van der Waals surface area contributed by atoms with Crippen LogP contribution in [0.4, 0.5) is 11.4 Å². The number of nitro benzene ring substituents is 1. The van der Waals surface area contributed by atoms with E-state index in [1.807, 2.05) is 6.92 Å². The Balaban J connectivity index is 2.36. The molecule has 1 aliphatic rings. The number of non-ortho nitro benzene ring substituents is 1. The van der Waals surface area contributed by atoms with Gasteiger partial charge in [-0.05, 0) is 13.0 Å². The summed E-state index contributed by atoms with van der Waals surface area (Å²) in [5.41, 5.74) is 0.770. The molecule has 0 spiro atoms. The molecule has 1 heterocycles. The molecule has 1 N–H and O–H groups in total. The highest BCUT2D eigenvalue weighted by molar-refractivity contribution is 5.62. The van der Waals surface area contributed by atoms with Gasteiger partial charge in [-0.1, -0.05) is 0 Å². The lowest BCUT2D eigenvalue weighted by atomic mass is 10.2. The van der Waals surface area contributed by atoms with Crippen LogP contribution >= 0.6 is 0 Å². The molecule has 1 aliphatic heterocycles. The summed E-state index contributed by atoms with van der Waals surface area (Å²) in [6.45, 7) is 2.62. The second-order valence-electron chi connectivity index (χ2n) is 3.25. The fourth-order valence-corrected chi connectivity index (χ4v) is 1.38. The van der Waals surface area contributed by atoms with Gasteiger partial charge in [0.25, 0.3) is 5.69 Å². The predicted molar refractivity (Wildman–Crippen MR) is 51.7 cm³/mol. The van der Waals surface area contributed by atoms with Crippen molar-refractivity contribution in [1.29, 1.82) is 0 Å². The summed E-state index contributed by atoms with van der Waals surface area (Å²) in [5.74, 6) is 0.675. The van der Waals surface area contributed by atoms with Gasteiger partial charge in [-0.2, -0.15) is 0 Å². The summed E-state index contributed by atoms with van der Waals surface area (Å²) in [5, 5.41) is 13.6. The van der Waals surface area contributed by atoms with Crippen LogP contribution in [-0.4, -0.2) is 17.6 Å². The molecule has 0 saturated carbocycles. The summed E-state index contributed by atoms with van der Waals surface area (Å²) < 4.78 is 5.48. The van der Waals surface area contributed by atoms with Crippen LogP contribution in [0.25, 0.3) is 0 Å². The average molecular weight is 194 g/mol. The molecular weight excluding hydrogens is 184 g/mol. The van der Waals surface area contributed by atoms with Gasteiger partial charge in [-0.3, -0.25) is 10.1 Å². The molecule has 0 saturated heterocycles. The zero-order chi connectivity index (χ0) is 10.1. The Labute approximate surface area is 80.8 Å². The Bertz CT molecular complexity index is 378. The van der Waals surface area contributed by atoms with Crippen LogP contribution in [0.2, 0.25) is 0 Å². The van der Waals surface area contributed by atoms with Crippen molar-refractivity contribution in [3.8, 4) is 5.75 Å². The van der Waals surface area contributed by atoms with Crippen molar-refractivity contribution in [2.45, 2.75) is 13.0 Å². The first kappa shape index (κ1) is 8.80. The molecule has 14 heavy (non-hydrogen) atoms. The van der Waals surface area contributed by atoms with Crippen LogP contribution < -0.4 is 10.1 Å². The number of anilines is 1. The van der Waals surface area contributed by atoms with Gasteiger partial charge in [-0.15, -0.1) is 0 Å². The standard InChI is InChI=1S/C9H10N2O3/c1-6-5-10-8-4-7(11(12)13)2-3-9(8)14-6/h2-4,6,10H,5H2,1H3. The molecule has 0 radical (unpaired) electrons. The van der Waals surface area contributed by atoms with Crippen LogP contribution in [0.3, 0.4) is 0 Å². The Morgan fingerprint density at radius 2 is 2.43 bits per heavy atom. The molecule has 1 unspecified atom stereocenters. The molecule has 1 aromatic rings. The Morgan fingerprint density at radius 3 is 3.14 bits per heavy atom. The molecule has 0 fully saturated rings. The molecule has 5 heteroatoms. The third-order valence-corrected chi connectivity index (χ3v) is 2.08. The zero-order valence-electron chi connectivity index (χ0n) is 7.69. The Kier molecular flexibility index (Phi) is 1.99. The van der Waals surface area contributed by atoms with E-state index in [9.17, 15) is 10.1 Å². The maximum absolute atomic E-state index is 10.5. The molecule has 0 bridgehead atoms. The zero-order valence-corrected chi connectivity index (χ0v) is 7.69. The van der Waals surface area contributed by atoms with E-state index in [1.165, 1.54) is 12.1 Å². The summed E-state index contributed by atoms with van der Waals surface area (Å²) >= 11 is 0. The Morgan fingerprint density at radius 1 is 1.64 bits per heavy atom. The fraction of sp³-hybridized carbons (Fsp3) is 0.333. The van der Waals surface area contributed by atoms with Crippen molar-refractivity contribution >= 4 is 11.4 Å². The largest absolute Gasteiger partial charge is 0.487 e. The number of ether oxygens (including phenoxy) is 1. The van der Waals surface area contributed by atoms with Crippen molar-refractivity contribution < 1.29 is 9.66 Å². The van der Waals surface area contributed by atoms with Crippen molar-refractivity contribution in [1.82, 2.24) is 0 Å². The van der Waals surface area contributed by atoms with E-state index in [1.54, 1.807) is 6.07 Å². The van der Waals surface area contributed by atoms with E-state index in [-0.39, 0.29) is 11.8 Å². The van der Waals surface area contributed by atoms with Gasteiger partial charge < -0.3 is 10.1 Å². The second-order valence-corrected chi connectivity index (χ2v) is 3.25. The molecule has 0 amide bonds. The molecule has 2 rings (SSSR count). The fourth-order valence-electron chi connectivity index (χ4n) is 1.38. The van der Waals surface area contributed by atoms with Crippen LogP contribution in [0.1, 0.15) is 6.92 Å². The lowest BCUT2D eigenvalue weighted by Crippen LogP contribution is -2.27. The number of hydrogen-bond donors (Lipinski definition) is 1. The first-order valence-corrected chi connectivity index (χ1v) is 4.36. The van der Waals surface area contributed by atoms with Gasteiger partial charge in [-0.25, -0.2) is 0 Å². The van der Waals surface area contributed by atoms with E-state index in [4.69, 9.17) is 4.74 Å². The molecule has 74 valence electrons. The highest BCUT2D eigenvalue weighted by Gasteiger charge is 2.18. The SMILES string of the molecule is CC1CNc2cc([N+](=O)[O-])ccc2O1. The lowest BCUT2D eigenvalue weighted by molar-refractivity contribution is -0.384. The van der Waals surface area contributed by atoms with E-state index in [0.29, 0.717) is 18.0 Å². The summed E-state index contributed by atoms with van der Waals surface area (Å²) in [6, 6.07) is 4.55. The number of hydrogen-bond acceptors (Lipinski definition) is 4. The van der Waals surface area contributed by atoms with Crippen molar-refractivity contribution in [3.05, 3.63) is 28.3 Å². The van der Waals surface area contributed by atoms with Crippen LogP contribution in [0.5, 0.6) is 5.75 Å². The maximum Gasteiger partial charge on any atom is 0.271 e. The molecular formula is C9H10N2O3. The smallest absolute Gasteiger partial charge is 0.271 e. The quantitative estimate of drug-likeness (QED) is 0.546. The van der Waals surface area contributed by atoms with Gasteiger partial charge in [0.2, 0.25) is 0 Å². The van der Waals surface area contributed by atoms with E-state index >= 15 is 0 Å². The minimum atomic E-state index is -0.417. The molecule has 1 atom stereocenters. The maximum atomic E-state index is 10.5. The van der Waals surface area contributed by atoms with Gasteiger partial charge in [0.05, 0.1) is 17.2 Å². The second kappa shape index (κ2) is 3.17. The monoisotopic (exact) mass is 194 g/mol. The topological polar surface area (TPSA) is 64.4 Å². The summed E-state index contributed by atoms with van der Waals surface area (Å²) in [4.78, 5) is 10.1. The number of nitrogens with zero attached hydrogens (tertiary/aromatic N) is 1. The van der Waals surface area contributed by atoms with Crippen molar-refractivity contribution in [2.75, 3.05) is 11.9 Å². The number of nitro groups is 1. The minimum absolute atomic E-state index is 0.0782. The molecule has 1 aromatic carbocycles. The van der Waals surface area contributed by atoms with E-state index in [0.717, 1.165) is 0 Å². The third-order valence-electron chi connectivity index (χ3n) is 2.08. The lowest BCUT2D eigenvalue weighted by Gasteiger charge is -2.24. The van der Waals surface area contributed by atoms with Gasteiger partial charge in [0.15, 0.2) is 0 Å². The average Bonchev–Trinajstić information content (AvgIpc) is 2.16. The van der Waals surface area contributed by atoms with E-state index in [2.05, 4.69) is 5.32 Å². The first-order chi connectivity index (χ1) is 6.66. The minimum Gasteiger partial charge on any atom is -0.487 e. The number of benzene rings is 1. The molecule has 0 aliphatic carbocycles. The normalized spacial score (nSPS) is 19.1. The van der Waals surface area contributed by atoms with Crippen molar-refractivity contribution in [3.63, 3.8) is 0 Å². The third kappa shape index (κ3) is 1.48. The number of rotatable bonds is 1. The molecule has 5 nitrogen and oxygen atoms in total. The van der Waals surface area contributed by atoms with Crippen LogP contribution in [-0.2, 0) is 0 Å². The highest BCUT2D eigenvalue weighted by Crippen LogP contribution is 2.32. The van der Waals surface area contributed by atoms with E-state index < -0.39 is 4.92 Å². The number of nitrogens with one attached hydrogen (secondary N) is 1. The van der Waals surface area contributed by atoms with Crippen molar-refractivity contribution in [2.24, 2.45) is 0 Å². The van der Waals surface area contributed by atoms with Crippen LogP contribution in [0, 0.1) is 10.1 Å². The summed E-state index contributed by atoms with van der Waals surface area (Å²) in [6.07, 6.45) is 0.101. The molecule has 0 aromatic heterocycles. The van der Waals surface area contributed by atoms with Gasteiger partial charge in [0, 0.05) is 12.1 Å². The predicted octanol–water partition coefficient (Wildman–Crippen LogP) is 1.79. The summed E-state index contributed by atoms with van der Waals surface area (Å²) in [7, 11) is 0. The highest BCUT2D eigenvalue weighted by atomic mass is 16.6. The number of fused-ring (bicyclic) bond motifs is 1.